The molecular formula is C20H22N2O4S2. The molecule has 0 bridgehead atoms. The van der Waals surface area contributed by atoms with Gasteiger partial charge in [0.05, 0.1) is 0 Å². The lowest BCUT2D eigenvalue weighted by atomic mass is 10.2. The van der Waals surface area contributed by atoms with E-state index in [-0.39, 0.29) is 23.3 Å². The van der Waals surface area contributed by atoms with Crippen LogP contribution in [0.15, 0.2) is 60.7 Å². The summed E-state index contributed by atoms with van der Waals surface area (Å²) in [5, 5.41) is 5.25. The van der Waals surface area contributed by atoms with Crippen molar-refractivity contribution in [2.24, 2.45) is 0 Å². The first kappa shape index (κ1) is 20.7. The van der Waals surface area contributed by atoms with E-state index >= 15 is 0 Å². The maximum atomic E-state index is 12.3. The first-order chi connectivity index (χ1) is 13.5. The molecule has 0 radical (unpaired) electrons. The molecule has 2 amide bonds. The molecule has 0 spiro atoms. The van der Waals surface area contributed by atoms with Crippen molar-refractivity contribution in [2.75, 3.05) is 11.5 Å². The van der Waals surface area contributed by atoms with E-state index in [1.165, 1.54) is 0 Å². The van der Waals surface area contributed by atoms with Gasteiger partial charge in [-0.05, 0) is 22.4 Å². The fourth-order valence-corrected chi connectivity index (χ4v) is 5.50. The molecule has 28 heavy (non-hydrogen) atoms. The van der Waals surface area contributed by atoms with Crippen LogP contribution in [0.2, 0.25) is 0 Å². The quantitative estimate of drug-likeness (QED) is 0.621. The molecule has 1 aliphatic heterocycles. The first-order valence-corrected chi connectivity index (χ1v) is 11.9. The highest BCUT2D eigenvalue weighted by Crippen LogP contribution is 2.12. The molecule has 1 heterocycles. The molecule has 3 rings (SSSR count). The van der Waals surface area contributed by atoms with Gasteiger partial charge >= 0.3 is 0 Å². The molecule has 1 fully saturated rings. The standard InChI is InChI=1S/C20H22N2O4S2/c23-19-17(13-27(25)11-15-7-3-1-4-8-15)21-20(24)18(22-19)14-28(26)12-16-9-5-2-6-10-16/h1-10,17-18H,11-14H2,(H,21,24)(H,22,23). The van der Waals surface area contributed by atoms with Crippen molar-refractivity contribution in [2.45, 2.75) is 23.6 Å². The van der Waals surface area contributed by atoms with Gasteiger partial charge in [0, 0.05) is 11.1 Å². The van der Waals surface area contributed by atoms with Gasteiger partial charge < -0.3 is 19.7 Å². The van der Waals surface area contributed by atoms with Gasteiger partial charge in [0.1, 0.15) is 23.0 Å². The second-order valence-corrected chi connectivity index (χ2v) is 9.60. The molecule has 1 saturated heterocycles. The lowest BCUT2D eigenvalue weighted by Crippen LogP contribution is -2.65. The van der Waals surface area contributed by atoms with Crippen LogP contribution < -0.4 is 10.6 Å². The van der Waals surface area contributed by atoms with Gasteiger partial charge in [-0.25, -0.2) is 0 Å². The molecule has 2 aromatic carbocycles. The number of nitrogens with one attached hydrogen (secondary N) is 2. The Balaban J connectivity index is 1.49. The Morgan fingerprint density at radius 3 is 1.39 bits per heavy atom. The van der Waals surface area contributed by atoms with E-state index in [0.717, 1.165) is 11.1 Å². The minimum Gasteiger partial charge on any atom is -0.616 e. The van der Waals surface area contributed by atoms with Crippen molar-refractivity contribution in [3.63, 3.8) is 0 Å². The smallest absolute Gasteiger partial charge is 0.248 e. The summed E-state index contributed by atoms with van der Waals surface area (Å²) in [5.41, 5.74) is 1.83. The van der Waals surface area contributed by atoms with Crippen LogP contribution in [0.25, 0.3) is 0 Å². The van der Waals surface area contributed by atoms with Crippen LogP contribution in [-0.4, -0.2) is 44.5 Å². The third-order valence-electron chi connectivity index (χ3n) is 4.31. The summed E-state index contributed by atoms with van der Waals surface area (Å²) in [5.74, 6) is -0.0281. The number of carbonyl (C=O) groups is 2. The monoisotopic (exact) mass is 418 g/mol. The van der Waals surface area contributed by atoms with Gasteiger partial charge in [0.25, 0.3) is 0 Å². The molecular weight excluding hydrogens is 396 g/mol. The summed E-state index contributed by atoms with van der Waals surface area (Å²) >= 11 is -2.58. The molecule has 2 N–H and O–H groups in total. The zero-order chi connectivity index (χ0) is 19.9. The van der Waals surface area contributed by atoms with Crippen LogP contribution in [0.1, 0.15) is 11.1 Å². The van der Waals surface area contributed by atoms with Gasteiger partial charge in [-0.15, -0.1) is 0 Å². The van der Waals surface area contributed by atoms with Crippen LogP contribution in [0.5, 0.6) is 0 Å². The molecule has 0 aliphatic carbocycles. The largest absolute Gasteiger partial charge is 0.616 e. The Kier molecular flexibility index (Phi) is 7.38. The number of benzene rings is 2. The molecule has 4 unspecified atom stereocenters. The lowest BCUT2D eigenvalue weighted by molar-refractivity contribution is -0.135. The highest BCUT2D eigenvalue weighted by atomic mass is 32.2. The predicted octanol–water partition coefficient (Wildman–Crippen LogP) is 0.867. The topological polar surface area (TPSA) is 104 Å². The average Bonchev–Trinajstić information content (AvgIpc) is 2.67. The fraction of sp³-hybridized carbons (Fsp3) is 0.300. The van der Waals surface area contributed by atoms with Crippen LogP contribution in [0.3, 0.4) is 0 Å². The number of piperazine rings is 1. The van der Waals surface area contributed by atoms with Gasteiger partial charge in [-0.3, -0.25) is 9.59 Å². The fourth-order valence-electron chi connectivity index (χ4n) is 2.92. The maximum Gasteiger partial charge on any atom is 0.248 e. The molecule has 8 heteroatoms. The SMILES string of the molecule is O=C1NC(C[S+]([O-])Cc2ccccc2)C(=O)NC1C[S+]([O-])Cc1ccccc1. The summed E-state index contributed by atoms with van der Waals surface area (Å²) in [6.45, 7) is 0. The number of hydrogen-bond donors (Lipinski definition) is 2. The lowest BCUT2D eigenvalue weighted by Gasteiger charge is -2.29. The summed E-state index contributed by atoms with van der Waals surface area (Å²) in [4.78, 5) is 24.6. The van der Waals surface area contributed by atoms with Crippen molar-refractivity contribution in [1.82, 2.24) is 10.6 Å². The second kappa shape index (κ2) is 9.97. The minimum atomic E-state index is -1.29. The normalized spacial score (nSPS) is 21.5. The van der Waals surface area contributed by atoms with Crippen molar-refractivity contribution in [1.29, 1.82) is 0 Å². The van der Waals surface area contributed by atoms with E-state index in [9.17, 15) is 18.7 Å². The van der Waals surface area contributed by atoms with E-state index in [1.807, 2.05) is 60.7 Å². The summed E-state index contributed by atoms with van der Waals surface area (Å²) < 4.78 is 24.7. The van der Waals surface area contributed by atoms with Crippen molar-refractivity contribution in [3.05, 3.63) is 71.8 Å². The van der Waals surface area contributed by atoms with Gasteiger partial charge in [0.15, 0.2) is 12.1 Å². The highest BCUT2D eigenvalue weighted by Gasteiger charge is 2.38. The van der Waals surface area contributed by atoms with Gasteiger partial charge in [0.2, 0.25) is 11.8 Å². The Labute approximate surface area is 170 Å². The van der Waals surface area contributed by atoms with E-state index < -0.39 is 34.4 Å². The Hall–Kier alpha value is -2.00. The van der Waals surface area contributed by atoms with E-state index in [1.54, 1.807) is 0 Å². The molecule has 148 valence electrons. The van der Waals surface area contributed by atoms with Crippen LogP contribution in [0, 0.1) is 0 Å². The molecule has 0 saturated carbocycles. The van der Waals surface area contributed by atoms with E-state index in [4.69, 9.17) is 0 Å². The number of rotatable bonds is 8. The van der Waals surface area contributed by atoms with Crippen molar-refractivity contribution < 1.29 is 18.7 Å². The molecule has 4 atom stereocenters. The maximum absolute atomic E-state index is 12.3. The van der Waals surface area contributed by atoms with Crippen molar-refractivity contribution >= 4 is 34.2 Å². The highest BCUT2D eigenvalue weighted by molar-refractivity contribution is 7.91. The van der Waals surface area contributed by atoms with Crippen LogP contribution >= 0.6 is 0 Å². The first-order valence-electron chi connectivity index (χ1n) is 8.90. The third-order valence-corrected chi connectivity index (χ3v) is 7.03. The predicted molar refractivity (Wildman–Crippen MR) is 110 cm³/mol. The molecule has 1 aliphatic rings. The average molecular weight is 419 g/mol. The third kappa shape index (κ3) is 6.00. The Morgan fingerprint density at radius 2 is 1.04 bits per heavy atom. The molecule has 6 nitrogen and oxygen atoms in total. The van der Waals surface area contributed by atoms with Gasteiger partial charge in [-0.1, -0.05) is 60.7 Å². The minimum absolute atomic E-state index is 0.0479. The number of amides is 2. The Bertz CT molecular complexity index is 724. The zero-order valence-corrected chi connectivity index (χ0v) is 16.8. The van der Waals surface area contributed by atoms with E-state index in [2.05, 4.69) is 10.6 Å². The number of hydrogen-bond acceptors (Lipinski definition) is 4. The zero-order valence-electron chi connectivity index (χ0n) is 15.2. The second-order valence-electron chi connectivity index (χ2n) is 6.60. The van der Waals surface area contributed by atoms with Crippen LogP contribution in [-0.2, 0) is 43.4 Å². The molecule has 0 aromatic heterocycles. The van der Waals surface area contributed by atoms with Crippen molar-refractivity contribution in [3.8, 4) is 0 Å². The summed E-state index contributed by atoms with van der Waals surface area (Å²) in [6.07, 6.45) is 0. The van der Waals surface area contributed by atoms with Gasteiger partial charge in [-0.2, -0.15) is 0 Å². The van der Waals surface area contributed by atoms with Crippen LogP contribution in [0.4, 0.5) is 0 Å². The van der Waals surface area contributed by atoms with E-state index in [0.29, 0.717) is 11.5 Å². The summed E-state index contributed by atoms with van der Waals surface area (Å²) in [7, 11) is 0. The number of carbonyl (C=O) groups excluding carboxylic acids is 2. The summed E-state index contributed by atoms with van der Waals surface area (Å²) in [6, 6.07) is 17.0. The Morgan fingerprint density at radius 1 is 0.679 bits per heavy atom. The molecule has 2 aromatic rings.